The lowest BCUT2D eigenvalue weighted by Crippen LogP contribution is -2.55. The van der Waals surface area contributed by atoms with Crippen molar-refractivity contribution in [3.8, 4) is 16.9 Å². The first kappa shape index (κ1) is 25.6. The van der Waals surface area contributed by atoms with Crippen LogP contribution in [0.4, 0.5) is 15.3 Å². The van der Waals surface area contributed by atoms with Crippen molar-refractivity contribution < 1.29 is 19.1 Å². The highest BCUT2D eigenvalue weighted by Gasteiger charge is 2.51. The van der Waals surface area contributed by atoms with Crippen LogP contribution in [0.25, 0.3) is 11.1 Å². The third kappa shape index (κ3) is 5.18. The summed E-state index contributed by atoms with van der Waals surface area (Å²) in [7, 11) is 1.64. The number of benzene rings is 2. The van der Waals surface area contributed by atoms with E-state index < -0.39 is 11.1 Å². The van der Waals surface area contributed by atoms with Crippen LogP contribution in [0, 0.1) is 0 Å². The molecule has 0 bridgehead atoms. The van der Waals surface area contributed by atoms with Gasteiger partial charge in [0.2, 0.25) is 0 Å². The zero-order valence-electron chi connectivity index (χ0n) is 22.4. The number of nitrogens with one attached hydrogen (secondary N) is 1. The second-order valence-corrected chi connectivity index (χ2v) is 11.0. The summed E-state index contributed by atoms with van der Waals surface area (Å²) in [6.07, 6.45) is 4.66. The highest BCUT2D eigenvalue weighted by molar-refractivity contribution is 5.95. The van der Waals surface area contributed by atoms with Crippen LogP contribution in [0.2, 0.25) is 0 Å². The number of methoxy groups -OCH3 is 1. The summed E-state index contributed by atoms with van der Waals surface area (Å²) in [6, 6.07) is 15.8. The summed E-state index contributed by atoms with van der Waals surface area (Å²) >= 11 is 0. The molecule has 0 atom stereocenters. The van der Waals surface area contributed by atoms with E-state index >= 15 is 0 Å². The summed E-state index contributed by atoms with van der Waals surface area (Å²) in [5.41, 5.74) is 2.93. The number of likely N-dealkylation sites (tertiary alicyclic amines) is 1. The van der Waals surface area contributed by atoms with E-state index in [2.05, 4.69) is 10.2 Å². The molecule has 0 aliphatic carbocycles. The highest BCUT2D eigenvalue weighted by atomic mass is 16.6. The van der Waals surface area contributed by atoms with Gasteiger partial charge in [-0.2, -0.15) is 5.10 Å². The number of carbonyl (C=O) groups excluding carboxylic acids is 2. The minimum atomic E-state index is -0.548. The smallest absolute Gasteiger partial charge is 0.410 e. The van der Waals surface area contributed by atoms with Gasteiger partial charge < -0.3 is 19.3 Å². The van der Waals surface area contributed by atoms with Crippen LogP contribution in [-0.2, 0) is 11.3 Å². The number of urea groups is 1. The maximum atomic E-state index is 14.0. The van der Waals surface area contributed by atoms with Crippen molar-refractivity contribution in [2.24, 2.45) is 0 Å². The minimum absolute atomic E-state index is 0.0328. The van der Waals surface area contributed by atoms with Crippen molar-refractivity contribution in [1.82, 2.24) is 20.0 Å². The molecule has 2 aromatic carbocycles. The third-order valence-corrected chi connectivity index (χ3v) is 7.32. The molecule has 2 saturated heterocycles. The molecule has 3 aromatic rings. The van der Waals surface area contributed by atoms with Gasteiger partial charge in [0, 0.05) is 37.1 Å². The van der Waals surface area contributed by atoms with Crippen LogP contribution in [0.15, 0.2) is 60.9 Å². The molecule has 1 aromatic heterocycles. The Morgan fingerprint density at radius 1 is 1.08 bits per heavy atom. The molecule has 5 rings (SSSR count). The average molecular weight is 518 g/mol. The maximum Gasteiger partial charge on any atom is 0.410 e. The number of amides is 3. The van der Waals surface area contributed by atoms with E-state index in [4.69, 9.17) is 9.47 Å². The minimum Gasteiger partial charge on any atom is -0.497 e. The fourth-order valence-electron chi connectivity index (χ4n) is 5.29. The van der Waals surface area contributed by atoms with Crippen molar-refractivity contribution in [2.45, 2.75) is 51.3 Å². The number of hydrogen-bond acceptors (Lipinski definition) is 5. The summed E-state index contributed by atoms with van der Waals surface area (Å²) in [5, 5.41) is 6.86. The Kier molecular flexibility index (Phi) is 6.77. The number of anilines is 1. The zero-order valence-corrected chi connectivity index (χ0v) is 22.4. The molecule has 3 amide bonds. The number of ether oxygens (including phenoxy) is 2. The Bertz CT molecular complexity index is 1280. The molecule has 2 aliphatic rings. The number of rotatable bonds is 5. The lowest BCUT2D eigenvalue weighted by Gasteiger charge is -2.43. The molecule has 2 aliphatic heterocycles. The molecule has 0 saturated carbocycles. The van der Waals surface area contributed by atoms with Gasteiger partial charge in [0.25, 0.3) is 0 Å². The van der Waals surface area contributed by atoms with Gasteiger partial charge in [-0.3, -0.25) is 10.00 Å². The van der Waals surface area contributed by atoms with Gasteiger partial charge >= 0.3 is 12.1 Å². The predicted octanol–water partition coefficient (Wildman–Crippen LogP) is 5.30. The van der Waals surface area contributed by atoms with Crippen LogP contribution in [0.3, 0.4) is 0 Å². The van der Waals surface area contributed by atoms with E-state index in [-0.39, 0.29) is 12.1 Å². The molecular formula is C29H35N5O4. The standard InChI is InChI=1S/C29H35N5O4/c1-28(2,3)38-27(36)32-14-12-29(13-15-32)20-33(24-10-8-22(9-11-24)23-17-30-31-18-23)26(35)34(29)19-21-6-5-7-25(16-21)37-4/h5-11,16-18H,12-15,19-20H2,1-4H3,(H,30,31). The van der Waals surface area contributed by atoms with E-state index in [1.54, 1.807) is 18.2 Å². The van der Waals surface area contributed by atoms with Crippen molar-refractivity contribution in [3.63, 3.8) is 0 Å². The molecule has 9 nitrogen and oxygen atoms in total. The number of carbonyl (C=O) groups is 2. The maximum absolute atomic E-state index is 14.0. The van der Waals surface area contributed by atoms with Crippen LogP contribution in [0.1, 0.15) is 39.2 Å². The van der Waals surface area contributed by atoms with E-state index in [9.17, 15) is 9.59 Å². The fraction of sp³-hybridized carbons (Fsp3) is 0.414. The van der Waals surface area contributed by atoms with Crippen molar-refractivity contribution in [1.29, 1.82) is 0 Å². The first-order valence-electron chi connectivity index (χ1n) is 13.0. The van der Waals surface area contributed by atoms with Gasteiger partial charge in [-0.15, -0.1) is 0 Å². The fourth-order valence-corrected chi connectivity index (χ4v) is 5.29. The SMILES string of the molecule is COc1cccc(CN2C(=O)N(c3ccc(-c4cn[nH]c4)cc3)CC23CCN(C(=O)OC(C)(C)C)CC3)c1. The van der Waals surface area contributed by atoms with Crippen LogP contribution in [0.5, 0.6) is 5.75 Å². The van der Waals surface area contributed by atoms with E-state index in [0.29, 0.717) is 39.0 Å². The normalized spacial score (nSPS) is 17.3. The number of hydrogen-bond donors (Lipinski definition) is 1. The molecular weight excluding hydrogens is 482 g/mol. The lowest BCUT2D eigenvalue weighted by molar-refractivity contribution is 0.00785. The average Bonchev–Trinajstić information content (AvgIpc) is 3.52. The Hall–Kier alpha value is -4.01. The van der Waals surface area contributed by atoms with Crippen molar-refractivity contribution >= 4 is 17.8 Å². The second-order valence-electron chi connectivity index (χ2n) is 11.0. The number of aromatic amines is 1. The second kappa shape index (κ2) is 10.0. The number of H-pyrrole nitrogens is 1. The van der Waals surface area contributed by atoms with Gasteiger partial charge in [0.1, 0.15) is 11.4 Å². The topological polar surface area (TPSA) is 91.0 Å². The van der Waals surface area contributed by atoms with E-state index in [1.807, 2.05) is 85.3 Å². The van der Waals surface area contributed by atoms with Crippen LogP contribution < -0.4 is 9.64 Å². The lowest BCUT2D eigenvalue weighted by atomic mass is 9.86. The number of aromatic nitrogens is 2. The summed E-state index contributed by atoms with van der Waals surface area (Å²) in [4.78, 5) is 32.3. The first-order valence-corrected chi connectivity index (χ1v) is 13.0. The molecule has 2 fully saturated rings. The van der Waals surface area contributed by atoms with Crippen LogP contribution >= 0.6 is 0 Å². The molecule has 1 N–H and O–H groups in total. The Labute approximate surface area is 223 Å². The molecule has 200 valence electrons. The number of nitrogens with zero attached hydrogens (tertiary/aromatic N) is 4. The van der Waals surface area contributed by atoms with Crippen molar-refractivity contribution in [3.05, 3.63) is 66.5 Å². The van der Waals surface area contributed by atoms with Gasteiger partial charge in [-0.25, -0.2) is 9.59 Å². The molecule has 9 heteroatoms. The van der Waals surface area contributed by atoms with Gasteiger partial charge in [-0.1, -0.05) is 24.3 Å². The van der Waals surface area contributed by atoms with Gasteiger partial charge in [-0.05, 0) is 69.0 Å². The summed E-state index contributed by atoms with van der Waals surface area (Å²) < 4.78 is 11.0. The summed E-state index contributed by atoms with van der Waals surface area (Å²) in [6.45, 7) is 7.70. The highest BCUT2D eigenvalue weighted by Crippen LogP contribution is 2.40. The molecule has 38 heavy (non-hydrogen) atoms. The van der Waals surface area contributed by atoms with E-state index in [0.717, 1.165) is 28.1 Å². The zero-order chi connectivity index (χ0) is 26.9. The van der Waals surface area contributed by atoms with E-state index in [1.165, 1.54) is 0 Å². The van der Waals surface area contributed by atoms with Gasteiger partial charge in [0.05, 0.1) is 25.4 Å². The van der Waals surface area contributed by atoms with Crippen LogP contribution in [-0.4, -0.2) is 70.0 Å². The number of piperidine rings is 1. The largest absolute Gasteiger partial charge is 0.497 e. The van der Waals surface area contributed by atoms with Gasteiger partial charge in [0.15, 0.2) is 0 Å². The quantitative estimate of drug-likeness (QED) is 0.496. The third-order valence-electron chi connectivity index (χ3n) is 7.32. The van der Waals surface area contributed by atoms with Crippen molar-refractivity contribution in [2.75, 3.05) is 31.6 Å². The Morgan fingerprint density at radius 3 is 2.45 bits per heavy atom. The Balaban J connectivity index is 1.40. The molecule has 1 spiro atoms. The molecule has 0 unspecified atom stereocenters. The molecule has 0 radical (unpaired) electrons. The molecule has 3 heterocycles. The predicted molar refractivity (Wildman–Crippen MR) is 145 cm³/mol. The Morgan fingerprint density at radius 2 is 1.82 bits per heavy atom. The monoisotopic (exact) mass is 517 g/mol. The summed E-state index contributed by atoms with van der Waals surface area (Å²) in [5.74, 6) is 0.759. The first-order chi connectivity index (χ1) is 18.2.